The van der Waals surface area contributed by atoms with Crippen LogP contribution >= 0.6 is 0 Å². The van der Waals surface area contributed by atoms with Crippen LogP contribution in [0, 0.1) is 0 Å². The number of rotatable bonds is 6. The molecule has 0 spiro atoms. The molecule has 1 fully saturated rings. The van der Waals surface area contributed by atoms with Gasteiger partial charge in [-0.3, -0.25) is 0 Å². The Morgan fingerprint density at radius 3 is 2.71 bits per heavy atom. The molecule has 1 aliphatic heterocycles. The molecule has 1 heterocycles. The molecule has 17 heavy (non-hydrogen) atoms. The molecule has 1 atom stereocenters. The standard InChI is InChI=1S/C9H17NO6S/c11-2-3-15-4-5-16-9(12)10-8-1-6-17(13,14)7-8/h8,11H,1-7H2,(H,10,12). The van der Waals surface area contributed by atoms with Crippen LogP contribution in [0.3, 0.4) is 0 Å². The number of carbonyl (C=O) groups excluding carboxylic acids is 1. The quantitative estimate of drug-likeness (QED) is 0.593. The molecule has 1 unspecified atom stereocenters. The largest absolute Gasteiger partial charge is 0.447 e. The Balaban J connectivity index is 2.09. The van der Waals surface area contributed by atoms with Gasteiger partial charge in [0.05, 0.1) is 31.3 Å². The van der Waals surface area contributed by atoms with E-state index in [1.54, 1.807) is 0 Å². The molecule has 0 radical (unpaired) electrons. The van der Waals surface area contributed by atoms with Gasteiger partial charge < -0.3 is 19.9 Å². The van der Waals surface area contributed by atoms with E-state index in [1.807, 2.05) is 0 Å². The Labute approximate surface area is 100 Å². The number of alkyl carbamates (subject to hydrolysis) is 1. The number of hydrogen-bond donors (Lipinski definition) is 2. The first-order valence-electron chi connectivity index (χ1n) is 5.36. The third-order valence-corrected chi connectivity index (χ3v) is 4.02. The summed E-state index contributed by atoms with van der Waals surface area (Å²) in [6.45, 7) is 0.403. The Kier molecular flexibility index (Phi) is 5.66. The van der Waals surface area contributed by atoms with Crippen LogP contribution in [0.5, 0.6) is 0 Å². The van der Waals surface area contributed by atoms with E-state index < -0.39 is 15.9 Å². The summed E-state index contributed by atoms with van der Waals surface area (Å²) < 4.78 is 31.9. The Hall–Kier alpha value is -0.860. The second-order valence-corrected chi connectivity index (χ2v) is 5.94. The first-order chi connectivity index (χ1) is 8.03. The van der Waals surface area contributed by atoms with Crippen molar-refractivity contribution < 1.29 is 27.8 Å². The summed E-state index contributed by atoms with van der Waals surface area (Å²) in [6, 6.07) is -0.356. The molecular weight excluding hydrogens is 250 g/mol. The van der Waals surface area contributed by atoms with E-state index in [0.29, 0.717) is 6.42 Å². The molecule has 2 N–H and O–H groups in total. The van der Waals surface area contributed by atoms with Crippen LogP contribution in [0.25, 0.3) is 0 Å². The average molecular weight is 267 g/mol. The van der Waals surface area contributed by atoms with Gasteiger partial charge in [-0.15, -0.1) is 0 Å². The third-order valence-electron chi connectivity index (χ3n) is 2.25. The van der Waals surface area contributed by atoms with Crippen LogP contribution in [-0.2, 0) is 19.3 Å². The van der Waals surface area contributed by atoms with Gasteiger partial charge in [0.25, 0.3) is 0 Å². The van der Waals surface area contributed by atoms with Crippen LogP contribution in [0.4, 0.5) is 4.79 Å². The van der Waals surface area contributed by atoms with Crippen LogP contribution in [0.2, 0.25) is 0 Å². The predicted octanol–water partition coefficient (Wildman–Crippen LogP) is -1.09. The lowest BCUT2D eigenvalue weighted by molar-refractivity contribution is 0.0531. The maximum absolute atomic E-state index is 11.2. The topological polar surface area (TPSA) is 102 Å². The normalized spacial score (nSPS) is 22.3. The number of carbonyl (C=O) groups is 1. The van der Waals surface area contributed by atoms with Crippen molar-refractivity contribution in [3.8, 4) is 0 Å². The van der Waals surface area contributed by atoms with Gasteiger partial charge in [-0.2, -0.15) is 0 Å². The minimum atomic E-state index is -3.00. The van der Waals surface area contributed by atoms with Gasteiger partial charge in [0.1, 0.15) is 6.61 Å². The van der Waals surface area contributed by atoms with E-state index in [-0.39, 0.29) is 44.0 Å². The molecule has 0 aromatic rings. The second-order valence-electron chi connectivity index (χ2n) is 3.72. The highest BCUT2D eigenvalue weighted by atomic mass is 32.2. The van der Waals surface area contributed by atoms with Crippen LogP contribution in [-0.4, -0.2) is 63.6 Å². The van der Waals surface area contributed by atoms with Gasteiger partial charge in [0.2, 0.25) is 0 Å². The molecule has 0 bridgehead atoms. The minimum Gasteiger partial charge on any atom is -0.447 e. The molecule has 1 amide bonds. The number of aliphatic hydroxyl groups is 1. The number of nitrogens with one attached hydrogen (secondary N) is 1. The van der Waals surface area contributed by atoms with Gasteiger partial charge in [-0.05, 0) is 6.42 Å². The summed E-state index contributed by atoms with van der Waals surface area (Å²) in [5, 5.41) is 10.9. The fourth-order valence-corrected chi connectivity index (χ4v) is 3.15. The maximum atomic E-state index is 11.2. The zero-order valence-electron chi connectivity index (χ0n) is 9.42. The third kappa shape index (κ3) is 5.85. The second kappa shape index (κ2) is 6.77. The number of ether oxygens (including phenoxy) is 2. The van der Waals surface area contributed by atoms with E-state index in [2.05, 4.69) is 5.32 Å². The van der Waals surface area contributed by atoms with Crippen molar-refractivity contribution in [2.45, 2.75) is 12.5 Å². The van der Waals surface area contributed by atoms with Crippen molar-refractivity contribution in [2.24, 2.45) is 0 Å². The van der Waals surface area contributed by atoms with Crippen molar-refractivity contribution in [1.29, 1.82) is 0 Å². The minimum absolute atomic E-state index is 0.0247. The lowest BCUT2D eigenvalue weighted by atomic mass is 10.3. The summed E-state index contributed by atoms with van der Waals surface area (Å²) >= 11 is 0. The van der Waals surface area contributed by atoms with E-state index in [9.17, 15) is 13.2 Å². The Morgan fingerprint density at radius 2 is 2.12 bits per heavy atom. The molecule has 1 aliphatic rings. The van der Waals surface area contributed by atoms with Crippen molar-refractivity contribution in [3.63, 3.8) is 0 Å². The smallest absolute Gasteiger partial charge is 0.407 e. The average Bonchev–Trinajstić information content (AvgIpc) is 2.57. The van der Waals surface area contributed by atoms with Gasteiger partial charge >= 0.3 is 6.09 Å². The predicted molar refractivity (Wildman–Crippen MR) is 59.4 cm³/mol. The van der Waals surface area contributed by atoms with Crippen LogP contribution in [0.15, 0.2) is 0 Å². The van der Waals surface area contributed by atoms with Gasteiger partial charge in [0, 0.05) is 6.04 Å². The zero-order valence-corrected chi connectivity index (χ0v) is 10.2. The molecule has 1 rings (SSSR count). The number of sulfone groups is 1. The Bertz CT molecular complexity index is 341. The summed E-state index contributed by atoms with van der Waals surface area (Å²) in [5.74, 6) is 0.0840. The number of aliphatic hydroxyl groups excluding tert-OH is 1. The Morgan fingerprint density at radius 1 is 1.35 bits per heavy atom. The van der Waals surface area contributed by atoms with Crippen molar-refractivity contribution >= 4 is 15.9 Å². The monoisotopic (exact) mass is 267 g/mol. The van der Waals surface area contributed by atoms with Crippen LogP contribution in [0.1, 0.15) is 6.42 Å². The van der Waals surface area contributed by atoms with Gasteiger partial charge in [-0.25, -0.2) is 13.2 Å². The van der Waals surface area contributed by atoms with E-state index in [1.165, 1.54) is 0 Å². The lowest BCUT2D eigenvalue weighted by Crippen LogP contribution is -2.36. The highest BCUT2D eigenvalue weighted by Gasteiger charge is 2.29. The van der Waals surface area contributed by atoms with E-state index in [4.69, 9.17) is 14.6 Å². The molecule has 1 saturated heterocycles. The lowest BCUT2D eigenvalue weighted by Gasteiger charge is -2.11. The number of amides is 1. The van der Waals surface area contributed by atoms with Crippen molar-refractivity contribution in [2.75, 3.05) is 37.9 Å². The van der Waals surface area contributed by atoms with E-state index >= 15 is 0 Å². The summed E-state index contributed by atoms with van der Waals surface area (Å²) in [6.07, 6.45) is -0.210. The zero-order chi connectivity index (χ0) is 12.7. The van der Waals surface area contributed by atoms with Crippen LogP contribution < -0.4 is 5.32 Å². The summed E-state index contributed by atoms with van der Waals surface area (Å²) in [4.78, 5) is 11.2. The van der Waals surface area contributed by atoms with Gasteiger partial charge in [0.15, 0.2) is 9.84 Å². The highest BCUT2D eigenvalue weighted by molar-refractivity contribution is 7.91. The SMILES string of the molecule is O=C(NC1CCS(=O)(=O)C1)OCCOCCO. The molecule has 8 heteroatoms. The van der Waals surface area contributed by atoms with Crippen molar-refractivity contribution in [1.82, 2.24) is 5.32 Å². The fourth-order valence-electron chi connectivity index (χ4n) is 1.48. The number of hydrogen-bond acceptors (Lipinski definition) is 6. The molecule has 7 nitrogen and oxygen atoms in total. The van der Waals surface area contributed by atoms with Crippen molar-refractivity contribution in [3.05, 3.63) is 0 Å². The first-order valence-corrected chi connectivity index (χ1v) is 7.18. The summed E-state index contributed by atoms with van der Waals surface area (Å²) in [5.41, 5.74) is 0. The fraction of sp³-hybridized carbons (Fsp3) is 0.889. The molecule has 0 aromatic heterocycles. The first kappa shape index (κ1) is 14.2. The van der Waals surface area contributed by atoms with Gasteiger partial charge in [-0.1, -0.05) is 0 Å². The maximum Gasteiger partial charge on any atom is 0.407 e. The molecule has 0 aromatic carbocycles. The molecule has 0 saturated carbocycles. The summed E-state index contributed by atoms with van der Waals surface area (Å²) in [7, 11) is -3.00. The molecular formula is C9H17NO6S. The highest BCUT2D eigenvalue weighted by Crippen LogP contribution is 2.11. The molecule has 100 valence electrons. The molecule has 0 aliphatic carbocycles. The van der Waals surface area contributed by atoms with E-state index in [0.717, 1.165) is 0 Å².